The van der Waals surface area contributed by atoms with Crippen molar-refractivity contribution < 1.29 is 29.3 Å². The quantitative estimate of drug-likeness (QED) is 0.299. The molecule has 0 aliphatic heterocycles. The predicted octanol–water partition coefficient (Wildman–Crippen LogP) is 3.52. The van der Waals surface area contributed by atoms with Gasteiger partial charge in [0, 0.05) is 12.8 Å². The second kappa shape index (κ2) is 17.3. The van der Waals surface area contributed by atoms with Crippen LogP contribution in [0, 0.1) is 0 Å². The van der Waals surface area contributed by atoms with Gasteiger partial charge in [0.2, 0.25) is 0 Å². The van der Waals surface area contributed by atoms with Crippen molar-refractivity contribution in [3.63, 3.8) is 0 Å². The van der Waals surface area contributed by atoms with Crippen LogP contribution in [-0.2, 0) is 19.1 Å². The summed E-state index contributed by atoms with van der Waals surface area (Å²) in [6.45, 7) is 4.67. The molecule has 0 heterocycles. The summed E-state index contributed by atoms with van der Waals surface area (Å²) in [4.78, 5) is 23.1. The lowest BCUT2D eigenvalue weighted by molar-refractivity contribution is -0.146. The lowest BCUT2D eigenvalue weighted by Crippen LogP contribution is -2.09. The first-order valence-corrected chi connectivity index (χ1v) is 10.2. The maximum atomic E-state index is 11.6. The molecular weight excluding hydrogens is 336 g/mol. The van der Waals surface area contributed by atoms with Crippen LogP contribution in [0.5, 0.6) is 0 Å². The molecule has 2 N–H and O–H groups in total. The number of rotatable bonds is 17. The van der Waals surface area contributed by atoms with E-state index in [1.807, 2.05) is 13.8 Å². The maximum absolute atomic E-state index is 11.6. The van der Waals surface area contributed by atoms with Gasteiger partial charge in [-0.25, -0.2) is 0 Å². The number of aliphatic hydroxyl groups excluding tert-OH is 2. The highest BCUT2D eigenvalue weighted by atomic mass is 16.5. The molecule has 0 aromatic rings. The summed E-state index contributed by atoms with van der Waals surface area (Å²) in [7, 11) is 0. The first-order chi connectivity index (χ1) is 12.5. The lowest BCUT2D eigenvalue weighted by atomic mass is 10.1. The van der Waals surface area contributed by atoms with E-state index in [0.717, 1.165) is 51.4 Å². The molecule has 0 aromatic heterocycles. The van der Waals surface area contributed by atoms with Crippen molar-refractivity contribution in [3.05, 3.63) is 0 Å². The number of aliphatic hydroxyl groups is 2. The third kappa shape index (κ3) is 16.3. The summed E-state index contributed by atoms with van der Waals surface area (Å²) in [5, 5.41) is 18.8. The first kappa shape index (κ1) is 24.9. The molecule has 2 atom stereocenters. The Kier molecular flexibility index (Phi) is 16.5. The summed E-state index contributed by atoms with van der Waals surface area (Å²) in [5.41, 5.74) is 0. The molecule has 6 nitrogen and oxygen atoms in total. The molecule has 154 valence electrons. The summed E-state index contributed by atoms with van der Waals surface area (Å²) in [6.07, 6.45) is 7.60. The van der Waals surface area contributed by atoms with Crippen molar-refractivity contribution in [1.29, 1.82) is 0 Å². The average Bonchev–Trinajstić information content (AvgIpc) is 2.64. The van der Waals surface area contributed by atoms with Gasteiger partial charge in [-0.05, 0) is 64.2 Å². The Bertz CT molecular complexity index is 324. The minimum atomic E-state index is -0.256. The highest BCUT2D eigenvalue weighted by Crippen LogP contribution is 2.07. The predicted molar refractivity (Wildman–Crippen MR) is 101 cm³/mol. The Morgan fingerprint density at radius 2 is 1.08 bits per heavy atom. The zero-order valence-corrected chi connectivity index (χ0v) is 16.6. The van der Waals surface area contributed by atoms with Crippen LogP contribution in [-0.4, -0.2) is 47.6 Å². The fraction of sp³-hybridized carbons (Fsp3) is 0.900. The van der Waals surface area contributed by atoms with Crippen molar-refractivity contribution in [1.82, 2.24) is 0 Å². The van der Waals surface area contributed by atoms with Gasteiger partial charge in [-0.3, -0.25) is 9.59 Å². The fourth-order valence-corrected chi connectivity index (χ4v) is 2.43. The number of esters is 2. The molecule has 0 aliphatic rings. The van der Waals surface area contributed by atoms with E-state index in [0.29, 0.717) is 38.9 Å². The molecule has 0 rings (SSSR count). The standard InChI is InChI=1S/C20H38O6/c1-3-17(21)11-7-9-15-25-19(23)13-5-6-14-20(24)26-16-10-8-12-18(22)4-2/h17-18,21-22H,3-16H2,1-2H3. The third-order valence-electron chi connectivity index (χ3n) is 4.34. The van der Waals surface area contributed by atoms with Crippen LogP contribution in [0.15, 0.2) is 0 Å². The third-order valence-corrected chi connectivity index (χ3v) is 4.34. The summed E-state index contributed by atoms with van der Waals surface area (Å²) in [5.74, 6) is -0.465. The summed E-state index contributed by atoms with van der Waals surface area (Å²) in [6, 6.07) is 0. The number of carbonyl (C=O) groups excluding carboxylic acids is 2. The van der Waals surface area contributed by atoms with Gasteiger partial charge in [-0.2, -0.15) is 0 Å². The van der Waals surface area contributed by atoms with Crippen LogP contribution < -0.4 is 0 Å². The SMILES string of the molecule is CCC(O)CCCCOC(=O)CCCCC(=O)OCCCCC(O)CC. The molecule has 0 aliphatic carbocycles. The molecule has 26 heavy (non-hydrogen) atoms. The van der Waals surface area contributed by atoms with E-state index in [-0.39, 0.29) is 24.1 Å². The van der Waals surface area contributed by atoms with Gasteiger partial charge in [-0.15, -0.1) is 0 Å². The van der Waals surface area contributed by atoms with Crippen LogP contribution in [0.4, 0.5) is 0 Å². The van der Waals surface area contributed by atoms with E-state index < -0.39 is 0 Å². The van der Waals surface area contributed by atoms with E-state index in [2.05, 4.69) is 0 Å². The maximum Gasteiger partial charge on any atom is 0.305 e. The largest absolute Gasteiger partial charge is 0.466 e. The fourth-order valence-electron chi connectivity index (χ4n) is 2.43. The van der Waals surface area contributed by atoms with Gasteiger partial charge < -0.3 is 19.7 Å². The van der Waals surface area contributed by atoms with Crippen molar-refractivity contribution in [2.75, 3.05) is 13.2 Å². The van der Waals surface area contributed by atoms with E-state index in [4.69, 9.17) is 9.47 Å². The summed E-state index contributed by atoms with van der Waals surface area (Å²) < 4.78 is 10.3. The van der Waals surface area contributed by atoms with Crippen LogP contribution in [0.1, 0.15) is 90.9 Å². The van der Waals surface area contributed by atoms with Crippen molar-refractivity contribution in [2.24, 2.45) is 0 Å². The van der Waals surface area contributed by atoms with Crippen molar-refractivity contribution in [2.45, 2.75) is 103 Å². The molecule has 0 spiro atoms. The normalized spacial score (nSPS) is 13.2. The van der Waals surface area contributed by atoms with E-state index in [1.165, 1.54) is 0 Å². The molecule has 0 aromatic carbocycles. The van der Waals surface area contributed by atoms with Gasteiger partial charge in [0.1, 0.15) is 0 Å². The number of hydrogen-bond acceptors (Lipinski definition) is 6. The monoisotopic (exact) mass is 374 g/mol. The molecule has 0 radical (unpaired) electrons. The van der Waals surface area contributed by atoms with Crippen LogP contribution in [0.2, 0.25) is 0 Å². The molecule has 0 amide bonds. The minimum absolute atomic E-state index is 0.233. The van der Waals surface area contributed by atoms with E-state index >= 15 is 0 Å². The highest BCUT2D eigenvalue weighted by Gasteiger charge is 2.07. The van der Waals surface area contributed by atoms with Gasteiger partial charge >= 0.3 is 11.9 Å². The zero-order valence-electron chi connectivity index (χ0n) is 16.6. The van der Waals surface area contributed by atoms with Gasteiger partial charge in [-0.1, -0.05) is 13.8 Å². The number of unbranched alkanes of at least 4 members (excludes halogenated alkanes) is 3. The molecule has 0 saturated carbocycles. The minimum Gasteiger partial charge on any atom is -0.466 e. The second-order valence-electron chi connectivity index (χ2n) is 6.76. The highest BCUT2D eigenvalue weighted by molar-refractivity contribution is 5.70. The Labute approximate surface area is 158 Å². The second-order valence-corrected chi connectivity index (χ2v) is 6.76. The van der Waals surface area contributed by atoms with Crippen molar-refractivity contribution >= 4 is 11.9 Å². The topological polar surface area (TPSA) is 93.1 Å². The van der Waals surface area contributed by atoms with Gasteiger partial charge in [0.05, 0.1) is 25.4 Å². The Morgan fingerprint density at radius 1 is 0.692 bits per heavy atom. The molecule has 0 fully saturated rings. The molecule has 2 unspecified atom stereocenters. The average molecular weight is 375 g/mol. The Morgan fingerprint density at radius 3 is 1.42 bits per heavy atom. The zero-order chi connectivity index (χ0) is 19.6. The number of ether oxygens (including phenoxy) is 2. The first-order valence-electron chi connectivity index (χ1n) is 10.2. The molecule has 6 heteroatoms. The van der Waals surface area contributed by atoms with Crippen molar-refractivity contribution in [3.8, 4) is 0 Å². The van der Waals surface area contributed by atoms with Crippen LogP contribution in [0.3, 0.4) is 0 Å². The lowest BCUT2D eigenvalue weighted by Gasteiger charge is -2.08. The summed E-state index contributed by atoms with van der Waals surface area (Å²) >= 11 is 0. The molecule has 0 saturated heterocycles. The number of hydrogen-bond donors (Lipinski definition) is 2. The smallest absolute Gasteiger partial charge is 0.305 e. The van der Waals surface area contributed by atoms with Crippen LogP contribution >= 0.6 is 0 Å². The van der Waals surface area contributed by atoms with E-state index in [1.54, 1.807) is 0 Å². The number of carbonyl (C=O) groups is 2. The molecule has 0 bridgehead atoms. The van der Waals surface area contributed by atoms with Crippen LogP contribution in [0.25, 0.3) is 0 Å². The Balaban J connectivity index is 3.41. The molecular formula is C20H38O6. The van der Waals surface area contributed by atoms with Gasteiger partial charge in [0.25, 0.3) is 0 Å². The van der Waals surface area contributed by atoms with E-state index in [9.17, 15) is 19.8 Å². The Hall–Kier alpha value is -1.14. The van der Waals surface area contributed by atoms with Gasteiger partial charge in [0.15, 0.2) is 0 Å².